The standard InChI is InChI=1S/C27H24ClN5O2/c1-17-8-13-22(35-17)15-31-27(34)23-16-30-26-24(18(2)32-33(26)21-6-4-3-5-7-21)25(23)29-14-19-9-11-20(28)12-10-19/h3-13,16H,14-15H2,1-2H3,(H,29,30)(H,31,34). The Balaban J connectivity index is 1.54. The SMILES string of the molecule is Cc1ccc(CNC(=O)c2cnc3c(c(C)nn3-c3ccccc3)c2NCc2ccc(Cl)cc2)o1. The number of nitrogens with zero attached hydrogens (tertiary/aromatic N) is 3. The number of carbonyl (C=O) groups excluding carboxylic acids is 1. The second-order valence-electron chi connectivity index (χ2n) is 8.25. The highest BCUT2D eigenvalue weighted by atomic mass is 35.5. The Morgan fingerprint density at radius 2 is 1.77 bits per heavy atom. The quantitative estimate of drug-likeness (QED) is 0.303. The van der Waals surface area contributed by atoms with Crippen LogP contribution in [0.4, 0.5) is 5.69 Å². The minimum atomic E-state index is -0.251. The highest BCUT2D eigenvalue weighted by Gasteiger charge is 2.21. The summed E-state index contributed by atoms with van der Waals surface area (Å²) < 4.78 is 7.38. The van der Waals surface area contributed by atoms with Crippen LogP contribution < -0.4 is 10.6 Å². The van der Waals surface area contributed by atoms with Crippen LogP contribution in [-0.2, 0) is 13.1 Å². The van der Waals surface area contributed by atoms with E-state index in [4.69, 9.17) is 21.1 Å². The van der Waals surface area contributed by atoms with Gasteiger partial charge in [0.2, 0.25) is 0 Å². The van der Waals surface area contributed by atoms with Crippen LogP contribution in [0.5, 0.6) is 0 Å². The van der Waals surface area contributed by atoms with Crippen molar-refractivity contribution in [2.75, 3.05) is 5.32 Å². The van der Waals surface area contributed by atoms with Gasteiger partial charge < -0.3 is 15.1 Å². The van der Waals surface area contributed by atoms with Gasteiger partial charge in [0, 0.05) is 17.8 Å². The lowest BCUT2D eigenvalue weighted by molar-refractivity contribution is 0.0948. The number of aromatic nitrogens is 3. The third-order valence-corrected chi connectivity index (χ3v) is 5.97. The summed E-state index contributed by atoms with van der Waals surface area (Å²) in [5.74, 6) is 1.24. The van der Waals surface area contributed by atoms with Crippen LogP contribution >= 0.6 is 11.6 Å². The van der Waals surface area contributed by atoms with Gasteiger partial charge in [-0.1, -0.05) is 41.9 Å². The fourth-order valence-electron chi connectivity index (χ4n) is 3.99. The van der Waals surface area contributed by atoms with Gasteiger partial charge in [0.25, 0.3) is 5.91 Å². The van der Waals surface area contributed by atoms with Crippen molar-refractivity contribution in [3.8, 4) is 5.69 Å². The van der Waals surface area contributed by atoms with Crippen LogP contribution in [0.2, 0.25) is 5.02 Å². The first kappa shape index (κ1) is 22.7. The number of halogens is 1. The Bertz CT molecular complexity index is 1490. The number of fused-ring (bicyclic) bond motifs is 1. The van der Waals surface area contributed by atoms with Crippen molar-refractivity contribution < 1.29 is 9.21 Å². The van der Waals surface area contributed by atoms with Gasteiger partial charge in [0.05, 0.1) is 34.6 Å². The van der Waals surface area contributed by atoms with Crippen molar-refractivity contribution in [1.29, 1.82) is 0 Å². The predicted octanol–water partition coefficient (Wildman–Crippen LogP) is 5.83. The van der Waals surface area contributed by atoms with Gasteiger partial charge in [-0.15, -0.1) is 0 Å². The van der Waals surface area contributed by atoms with E-state index >= 15 is 0 Å². The Morgan fingerprint density at radius 3 is 2.49 bits per heavy atom. The number of benzene rings is 2. The maximum Gasteiger partial charge on any atom is 0.255 e. The smallest absolute Gasteiger partial charge is 0.255 e. The van der Waals surface area contributed by atoms with Gasteiger partial charge in [-0.3, -0.25) is 4.79 Å². The molecule has 0 aliphatic rings. The molecule has 0 radical (unpaired) electrons. The Hall–Kier alpha value is -4.10. The van der Waals surface area contributed by atoms with E-state index in [1.807, 2.05) is 80.6 Å². The van der Waals surface area contributed by atoms with Crippen LogP contribution in [0, 0.1) is 13.8 Å². The number of para-hydroxylation sites is 1. The summed E-state index contributed by atoms with van der Waals surface area (Å²) in [4.78, 5) is 17.9. The van der Waals surface area contributed by atoms with Crippen molar-refractivity contribution in [3.05, 3.63) is 106 Å². The summed E-state index contributed by atoms with van der Waals surface area (Å²) >= 11 is 6.04. The number of hydrogen-bond acceptors (Lipinski definition) is 5. The second kappa shape index (κ2) is 9.64. The monoisotopic (exact) mass is 485 g/mol. The molecule has 0 saturated heterocycles. The van der Waals surface area contributed by atoms with E-state index in [-0.39, 0.29) is 12.5 Å². The summed E-state index contributed by atoms with van der Waals surface area (Å²) in [6.45, 7) is 4.58. The van der Waals surface area contributed by atoms with Gasteiger partial charge >= 0.3 is 0 Å². The minimum Gasteiger partial charge on any atom is -0.465 e. The summed E-state index contributed by atoms with van der Waals surface area (Å²) in [6, 6.07) is 21.1. The molecule has 0 fully saturated rings. The van der Waals surface area contributed by atoms with E-state index in [1.54, 1.807) is 10.9 Å². The molecule has 5 aromatic rings. The van der Waals surface area contributed by atoms with E-state index in [1.165, 1.54) is 0 Å². The number of furan rings is 1. The van der Waals surface area contributed by atoms with Crippen LogP contribution in [0.25, 0.3) is 16.7 Å². The number of carbonyl (C=O) groups is 1. The maximum absolute atomic E-state index is 13.3. The molecule has 0 bridgehead atoms. The third-order valence-electron chi connectivity index (χ3n) is 5.72. The lowest BCUT2D eigenvalue weighted by Gasteiger charge is -2.14. The molecule has 0 unspecified atom stereocenters. The van der Waals surface area contributed by atoms with Crippen LogP contribution in [0.15, 0.2) is 77.3 Å². The first-order valence-electron chi connectivity index (χ1n) is 11.2. The van der Waals surface area contributed by atoms with Gasteiger partial charge in [0.15, 0.2) is 5.65 Å². The highest BCUT2D eigenvalue weighted by molar-refractivity contribution is 6.30. The summed E-state index contributed by atoms with van der Waals surface area (Å²) in [5.41, 5.74) is 4.48. The number of hydrogen-bond donors (Lipinski definition) is 2. The number of rotatable bonds is 7. The molecule has 0 atom stereocenters. The molecule has 8 heteroatoms. The normalized spacial score (nSPS) is 11.1. The van der Waals surface area contributed by atoms with Gasteiger partial charge in [-0.2, -0.15) is 5.10 Å². The topological polar surface area (TPSA) is 85.0 Å². The average molecular weight is 486 g/mol. The lowest BCUT2D eigenvalue weighted by atomic mass is 10.1. The van der Waals surface area contributed by atoms with Crippen molar-refractivity contribution in [1.82, 2.24) is 20.1 Å². The molecule has 0 spiro atoms. The first-order valence-corrected chi connectivity index (χ1v) is 11.6. The second-order valence-corrected chi connectivity index (χ2v) is 8.69. The molecule has 3 aromatic heterocycles. The molecule has 2 N–H and O–H groups in total. The fraction of sp³-hybridized carbons (Fsp3) is 0.148. The van der Waals surface area contributed by atoms with E-state index in [0.29, 0.717) is 34.2 Å². The molecule has 3 heterocycles. The maximum atomic E-state index is 13.3. The van der Waals surface area contributed by atoms with Gasteiger partial charge in [0.1, 0.15) is 11.5 Å². The van der Waals surface area contributed by atoms with Gasteiger partial charge in [-0.25, -0.2) is 9.67 Å². The fourth-order valence-corrected chi connectivity index (χ4v) is 4.12. The van der Waals surface area contributed by atoms with E-state index < -0.39 is 0 Å². The largest absolute Gasteiger partial charge is 0.465 e. The first-order chi connectivity index (χ1) is 17.0. The molecule has 35 heavy (non-hydrogen) atoms. The highest BCUT2D eigenvalue weighted by Crippen LogP contribution is 2.31. The molecule has 1 amide bonds. The number of amides is 1. The minimum absolute atomic E-state index is 0.251. The predicted molar refractivity (Wildman–Crippen MR) is 137 cm³/mol. The molecule has 7 nitrogen and oxygen atoms in total. The van der Waals surface area contributed by atoms with Crippen molar-refractivity contribution >= 4 is 34.2 Å². The van der Waals surface area contributed by atoms with Crippen LogP contribution in [-0.4, -0.2) is 20.7 Å². The van der Waals surface area contributed by atoms with E-state index in [0.717, 1.165) is 28.1 Å². The van der Waals surface area contributed by atoms with Crippen molar-refractivity contribution in [3.63, 3.8) is 0 Å². The summed E-state index contributed by atoms with van der Waals surface area (Å²) in [7, 11) is 0. The zero-order chi connectivity index (χ0) is 24.4. The zero-order valence-electron chi connectivity index (χ0n) is 19.4. The number of anilines is 1. The lowest BCUT2D eigenvalue weighted by Crippen LogP contribution is -2.24. The molecule has 0 saturated carbocycles. The average Bonchev–Trinajstić information content (AvgIpc) is 3.45. The zero-order valence-corrected chi connectivity index (χ0v) is 20.1. The number of nitrogens with one attached hydrogen (secondary N) is 2. The Morgan fingerprint density at radius 1 is 1.00 bits per heavy atom. The van der Waals surface area contributed by atoms with Crippen LogP contribution in [0.1, 0.15) is 33.1 Å². The summed E-state index contributed by atoms with van der Waals surface area (Å²) in [5, 5.41) is 12.6. The number of pyridine rings is 1. The van der Waals surface area contributed by atoms with Crippen molar-refractivity contribution in [2.45, 2.75) is 26.9 Å². The number of aryl methyl sites for hydroxylation is 2. The van der Waals surface area contributed by atoms with Crippen molar-refractivity contribution in [2.24, 2.45) is 0 Å². The molecule has 176 valence electrons. The van der Waals surface area contributed by atoms with E-state index in [9.17, 15) is 4.79 Å². The molecule has 2 aromatic carbocycles. The Labute approximate surface area is 207 Å². The summed E-state index contributed by atoms with van der Waals surface area (Å²) in [6.07, 6.45) is 1.59. The van der Waals surface area contributed by atoms with E-state index in [2.05, 4.69) is 15.6 Å². The molecule has 0 aliphatic heterocycles. The molecule has 0 aliphatic carbocycles. The Kier molecular flexibility index (Phi) is 6.25. The third kappa shape index (κ3) is 4.76. The van der Waals surface area contributed by atoms with Gasteiger partial charge in [-0.05, 0) is 55.8 Å². The molecular formula is C27H24ClN5O2. The van der Waals surface area contributed by atoms with Crippen LogP contribution in [0.3, 0.4) is 0 Å². The molecular weight excluding hydrogens is 462 g/mol. The molecule has 5 rings (SSSR count).